The zero-order valence-electron chi connectivity index (χ0n) is 11.3. The zero-order valence-corrected chi connectivity index (χ0v) is 13.7. The molecule has 0 bridgehead atoms. The van der Waals surface area contributed by atoms with Gasteiger partial charge in [0.05, 0.1) is 11.6 Å². The van der Waals surface area contributed by atoms with E-state index in [0.717, 1.165) is 28.9 Å². The second-order valence-corrected chi connectivity index (χ2v) is 6.04. The van der Waals surface area contributed by atoms with Crippen molar-refractivity contribution >= 4 is 27.7 Å². The molecule has 0 aliphatic heterocycles. The molecule has 0 aliphatic carbocycles. The Balaban J connectivity index is 2.64. The summed E-state index contributed by atoms with van der Waals surface area (Å²) in [5.74, 6) is 2.03. The van der Waals surface area contributed by atoms with Gasteiger partial charge < -0.3 is 10.1 Å². The first-order valence-corrected chi connectivity index (χ1v) is 8.44. The summed E-state index contributed by atoms with van der Waals surface area (Å²) in [7, 11) is 1.69. The van der Waals surface area contributed by atoms with Crippen LogP contribution in [0.5, 0.6) is 5.75 Å². The lowest BCUT2D eigenvalue weighted by atomic mass is 10.1. The maximum Gasteiger partial charge on any atom is 0.133 e. The predicted octanol–water partition coefficient (Wildman–Crippen LogP) is 3.73. The molecule has 0 amide bonds. The third-order valence-corrected chi connectivity index (χ3v) is 4.10. The first-order chi connectivity index (χ1) is 8.71. The van der Waals surface area contributed by atoms with E-state index >= 15 is 0 Å². The highest BCUT2D eigenvalue weighted by Crippen LogP contribution is 2.26. The van der Waals surface area contributed by atoms with Crippen LogP contribution < -0.4 is 10.1 Å². The maximum atomic E-state index is 5.25. The number of halogens is 1. The quantitative estimate of drug-likeness (QED) is 0.784. The topological polar surface area (TPSA) is 21.3 Å². The molecular formula is C14H22BrNOS. The second-order valence-electron chi connectivity index (χ2n) is 4.28. The smallest absolute Gasteiger partial charge is 0.133 e. The zero-order chi connectivity index (χ0) is 13.4. The van der Waals surface area contributed by atoms with Crippen LogP contribution in [-0.2, 0) is 6.42 Å². The fraction of sp³-hybridized carbons (Fsp3) is 0.571. The summed E-state index contributed by atoms with van der Waals surface area (Å²) >= 11 is 5.43. The highest BCUT2D eigenvalue weighted by atomic mass is 79.9. The first kappa shape index (κ1) is 15.9. The van der Waals surface area contributed by atoms with E-state index in [1.807, 2.05) is 17.8 Å². The number of methoxy groups -OCH3 is 1. The van der Waals surface area contributed by atoms with E-state index in [1.165, 1.54) is 12.0 Å². The Morgan fingerprint density at radius 3 is 2.78 bits per heavy atom. The van der Waals surface area contributed by atoms with E-state index in [4.69, 9.17) is 4.74 Å². The summed E-state index contributed by atoms with van der Waals surface area (Å²) < 4.78 is 6.28. The molecule has 0 saturated heterocycles. The molecule has 0 spiro atoms. The lowest BCUT2D eigenvalue weighted by Gasteiger charge is -2.18. The van der Waals surface area contributed by atoms with E-state index in [1.54, 1.807) is 7.11 Å². The molecule has 4 heteroatoms. The van der Waals surface area contributed by atoms with Crippen molar-refractivity contribution < 1.29 is 4.74 Å². The molecule has 1 aromatic rings. The van der Waals surface area contributed by atoms with Gasteiger partial charge in [0.2, 0.25) is 0 Å². The van der Waals surface area contributed by atoms with Gasteiger partial charge in [-0.3, -0.25) is 0 Å². The fourth-order valence-electron chi connectivity index (χ4n) is 1.86. The third kappa shape index (κ3) is 5.21. The van der Waals surface area contributed by atoms with Crippen LogP contribution in [0.4, 0.5) is 0 Å². The van der Waals surface area contributed by atoms with Gasteiger partial charge in [0.1, 0.15) is 5.75 Å². The predicted molar refractivity (Wildman–Crippen MR) is 84.9 cm³/mol. The molecule has 0 aromatic heterocycles. The molecule has 2 nitrogen and oxygen atoms in total. The summed E-state index contributed by atoms with van der Waals surface area (Å²) in [6.45, 7) is 3.29. The Bertz CT molecular complexity index is 360. The fourth-order valence-corrected chi connectivity index (χ4v) is 3.09. The van der Waals surface area contributed by atoms with E-state index < -0.39 is 0 Å². The molecule has 1 atom stereocenters. The number of ether oxygens (including phenoxy) is 1. The minimum Gasteiger partial charge on any atom is -0.496 e. The highest BCUT2D eigenvalue weighted by molar-refractivity contribution is 9.10. The molecule has 0 aliphatic rings. The lowest BCUT2D eigenvalue weighted by molar-refractivity contribution is 0.412. The van der Waals surface area contributed by atoms with Crippen molar-refractivity contribution in [3.63, 3.8) is 0 Å². The van der Waals surface area contributed by atoms with Crippen LogP contribution in [0.3, 0.4) is 0 Å². The number of hydrogen-bond acceptors (Lipinski definition) is 3. The van der Waals surface area contributed by atoms with Crippen LogP contribution in [0, 0.1) is 0 Å². The van der Waals surface area contributed by atoms with Crippen molar-refractivity contribution in [1.82, 2.24) is 5.32 Å². The van der Waals surface area contributed by atoms with E-state index in [2.05, 4.69) is 46.6 Å². The minimum atomic E-state index is 0.542. The molecule has 102 valence electrons. The van der Waals surface area contributed by atoms with Gasteiger partial charge in [-0.05, 0) is 59.3 Å². The van der Waals surface area contributed by atoms with Crippen LogP contribution in [-0.4, -0.2) is 31.7 Å². The van der Waals surface area contributed by atoms with Gasteiger partial charge >= 0.3 is 0 Å². The number of benzene rings is 1. The van der Waals surface area contributed by atoms with Crippen LogP contribution in [0.2, 0.25) is 0 Å². The Hall–Kier alpha value is -0.190. The second kappa shape index (κ2) is 8.83. The molecule has 1 N–H and O–H groups in total. The van der Waals surface area contributed by atoms with Gasteiger partial charge in [0, 0.05) is 11.8 Å². The average Bonchev–Trinajstić information content (AvgIpc) is 2.36. The minimum absolute atomic E-state index is 0.542. The van der Waals surface area contributed by atoms with Crippen molar-refractivity contribution in [2.45, 2.75) is 25.8 Å². The Labute approximate surface area is 123 Å². The molecule has 18 heavy (non-hydrogen) atoms. The number of nitrogens with one attached hydrogen (secondary N) is 1. The van der Waals surface area contributed by atoms with Crippen molar-refractivity contribution in [1.29, 1.82) is 0 Å². The molecule has 0 heterocycles. The molecule has 0 saturated carbocycles. The van der Waals surface area contributed by atoms with Crippen molar-refractivity contribution in [2.75, 3.05) is 25.7 Å². The van der Waals surface area contributed by atoms with E-state index in [9.17, 15) is 0 Å². The van der Waals surface area contributed by atoms with E-state index in [0.29, 0.717) is 6.04 Å². The average molecular weight is 332 g/mol. The third-order valence-electron chi connectivity index (χ3n) is 2.75. The highest BCUT2D eigenvalue weighted by Gasteiger charge is 2.09. The summed E-state index contributed by atoms with van der Waals surface area (Å²) in [5.41, 5.74) is 1.34. The van der Waals surface area contributed by atoms with Crippen LogP contribution in [0.1, 0.15) is 18.9 Å². The summed E-state index contributed by atoms with van der Waals surface area (Å²) in [4.78, 5) is 0. The molecule has 0 fully saturated rings. The lowest BCUT2D eigenvalue weighted by Crippen LogP contribution is -2.33. The molecule has 1 unspecified atom stereocenters. The van der Waals surface area contributed by atoms with Crippen LogP contribution in [0.15, 0.2) is 22.7 Å². The molecule has 1 aromatic carbocycles. The number of rotatable bonds is 8. The van der Waals surface area contributed by atoms with Gasteiger partial charge in [-0.15, -0.1) is 0 Å². The van der Waals surface area contributed by atoms with Crippen LogP contribution in [0.25, 0.3) is 0 Å². The Morgan fingerprint density at radius 2 is 2.22 bits per heavy atom. The standard InChI is InChI=1S/C14H22BrNOS/c1-4-7-16-12(10-18-3)8-11-5-6-14(17-2)13(15)9-11/h5-6,9,12,16H,4,7-8,10H2,1-3H3. The largest absolute Gasteiger partial charge is 0.496 e. The SMILES string of the molecule is CCCNC(CSC)Cc1ccc(OC)c(Br)c1. The summed E-state index contributed by atoms with van der Waals surface area (Å²) in [6, 6.07) is 6.86. The number of hydrogen-bond donors (Lipinski definition) is 1. The van der Waals surface area contributed by atoms with Gasteiger partial charge in [-0.25, -0.2) is 0 Å². The summed E-state index contributed by atoms with van der Waals surface area (Å²) in [6.07, 6.45) is 4.39. The van der Waals surface area contributed by atoms with Gasteiger partial charge in [-0.2, -0.15) is 11.8 Å². The van der Waals surface area contributed by atoms with Crippen molar-refractivity contribution in [3.05, 3.63) is 28.2 Å². The van der Waals surface area contributed by atoms with Gasteiger partial charge in [0.15, 0.2) is 0 Å². The van der Waals surface area contributed by atoms with Crippen molar-refractivity contribution in [2.24, 2.45) is 0 Å². The Kier molecular flexibility index (Phi) is 7.79. The van der Waals surface area contributed by atoms with Crippen molar-refractivity contribution in [3.8, 4) is 5.75 Å². The van der Waals surface area contributed by atoms with Crippen LogP contribution >= 0.6 is 27.7 Å². The molecular weight excluding hydrogens is 310 g/mol. The number of thioether (sulfide) groups is 1. The Morgan fingerprint density at radius 1 is 1.44 bits per heavy atom. The first-order valence-electron chi connectivity index (χ1n) is 6.26. The molecule has 1 rings (SSSR count). The van der Waals surface area contributed by atoms with E-state index in [-0.39, 0.29) is 0 Å². The van der Waals surface area contributed by atoms with Gasteiger partial charge in [0.25, 0.3) is 0 Å². The maximum absolute atomic E-state index is 5.25. The monoisotopic (exact) mass is 331 g/mol. The summed E-state index contributed by atoms with van der Waals surface area (Å²) in [5, 5.41) is 3.60. The normalized spacial score (nSPS) is 12.4. The van der Waals surface area contributed by atoms with Gasteiger partial charge in [-0.1, -0.05) is 13.0 Å². The molecule has 0 radical (unpaired) electrons.